The van der Waals surface area contributed by atoms with Crippen LogP contribution >= 0.6 is 12.4 Å². The summed E-state index contributed by atoms with van der Waals surface area (Å²) < 4.78 is 4.85. The molecule has 0 saturated carbocycles. The Morgan fingerprint density at radius 2 is 2.28 bits per heavy atom. The van der Waals surface area contributed by atoms with Crippen LogP contribution in [0.3, 0.4) is 0 Å². The zero-order chi connectivity index (χ0) is 12.4. The van der Waals surface area contributed by atoms with E-state index in [0.29, 0.717) is 16.8 Å². The van der Waals surface area contributed by atoms with Gasteiger partial charge in [-0.2, -0.15) is 0 Å². The maximum atomic E-state index is 11.6. The number of nitrogens with two attached hydrogens (primary N) is 1. The second-order valence-corrected chi connectivity index (χ2v) is 3.85. The van der Waals surface area contributed by atoms with Gasteiger partial charge >= 0.3 is 5.76 Å². The number of oxazole rings is 1. The van der Waals surface area contributed by atoms with E-state index in [0.717, 1.165) is 0 Å². The van der Waals surface area contributed by atoms with Crippen LogP contribution in [0, 0.1) is 5.92 Å². The second kappa shape index (κ2) is 5.70. The van der Waals surface area contributed by atoms with Gasteiger partial charge in [-0.15, -0.1) is 12.4 Å². The molecule has 1 amide bonds. The van der Waals surface area contributed by atoms with Gasteiger partial charge in [0.2, 0.25) is 5.91 Å². The first-order valence-corrected chi connectivity index (χ1v) is 5.24. The van der Waals surface area contributed by atoms with E-state index in [-0.39, 0.29) is 30.8 Å². The van der Waals surface area contributed by atoms with E-state index < -0.39 is 5.76 Å². The first kappa shape index (κ1) is 14.3. The van der Waals surface area contributed by atoms with Crippen LogP contribution in [-0.2, 0) is 4.79 Å². The smallest absolute Gasteiger partial charge is 0.408 e. The van der Waals surface area contributed by atoms with E-state index in [4.69, 9.17) is 10.2 Å². The third kappa shape index (κ3) is 2.91. The standard InChI is InChI=1S/C11H13N3O3.ClH/c1-6(5-12)10(15)13-7-2-3-9-8(4-7)14-11(16)17-9;/h2-4,6H,5,12H2,1H3,(H,13,15)(H,14,16);1H. The van der Waals surface area contributed by atoms with Crippen molar-refractivity contribution in [2.75, 3.05) is 11.9 Å². The lowest BCUT2D eigenvalue weighted by Gasteiger charge is -2.09. The fourth-order valence-electron chi connectivity index (χ4n) is 1.40. The molecular weight excluding hydrogens is 258 g/mol. The quantitative estimate of drug-likeness (QED) is 0.777. The summed E-state index contributed by atoms with van der Waals surface area (Å²) in [4.78, 5) is 25.1. The molecule has 7 heteroatoms. The van der Waals surface area contributed by atoms with E-state index >= 15 is 0 Å². The highest BCUT2D eigenvalue weighted by molar-refractivity contribution is 5.94. The van der Waals surface area contributed by atoms with Gasteiger partial charge in [-0.05, 0) is 18.2 Å². The van der Waals surface area contributed by atoms with Gasteiger partial charge in [-0.25, -0.2) is 4.79 Å². The number of carbonyl (C=O) groups is 1. The van der Waals surface area contributed by atoms with E-state index in [9.17, 15) is 9.59 Å². The number of benzene rings is 1. The number of hydrogen-bond acceptors (Lipinski definition) is 4. The zero-order valence-electron chi connectivity index (χ0n) is 9.73. The normalized spacial score (nSPS) is 11.9. The molecule has 0 aliphatic heterocycles. The zero-order valence-corrected chi connectivity index (χ0v) is 10.5. The van der Waals surface area contributed by atoms with Crippen molar-refractivity contribution in [3.8, 4) is 0 Å². The maximum Gasteiger partial charge on any atom is 0.417 e. The predicted molar refractivity (Wildman–Crippen MR) is 70.9 cm³/mol. The van der Waals surface area contributed by atoms with Gasteiger partial charge in [0.05, 0.1) is 5.52 Å². The van der Waals surface area contributed by atoms with Gasteiger partial charge in [-0.1, -0.05) is 6.92 Å². The average Bonchev–Trinajstić information content (AvgIpc) is 2.67. The molecule has 0 radical (unpaired) electrons. The van der Waals surface area contributed by atoms with Gasteiger partial charge in [0, 0.05) is 18.2 Å². The van der Waals surface area contributed by atoms with Gasteiger partial charge < -0.3 is 15.5 Å². The summed E-state index contributed by atoms with van der Waals surface area (Å²) in [7, 11) is 0. The number of rotatable bonds is 3. The summed E-state index contributed by atoms with van der Waals surface area (Å²) in [5.74, 6) is -0.925. The van der Waals surface area contributed by atoms with Crippen molar-refractivity contribution in [1.82, 2.24) is 4.98 Å². The Bertz CT molecular complexity index is 605. The van der Waals surface area contributed by atoms with E-state index in [1.54, 1.807) is 25.1 Å². The molecule has 2 aromatic rings. The SMILES string of the molecule is CC(CN)C(=O)Nc1ccc2oc(=O)[nH]c2c1.Cl. The Kier molecular flexibility index (Phi) is 4.52. The number of amides is 1. The van der Waals surface area contributed by atoms with Crippen LogP contribution in [0.25, 0.3) is 11.1 Å². The minimum Gasteiger partial charge on any atom is -0.408 e. The largest absolute Gasteiger partial charge is 0.417 e. The van der Waals surface area contributed by atoms with Gasteiger partial charge in [0.25, 0.3) is 0 Å². The molecule has 4 N–H and O–H groups in total. The molecule has 1 atom stereocenters. The van der Waals surface area contributed by atoms with Crippen LogP contribution in [0.2, 0.25) is 0 Å². The second-order valence-electron chi connectivity index (χ2n) is 3.85. The highest BCUT2D eigenvalue weighted by Crippen LogP contribution is 2.16. The number of H-pyrrole nitrogens is 1. The van der Waals surface area contributed by atoms with E-state index in [2.05, 4.69) is 10.3 Å². The minimum atomic E-state index is -0.515. The molecule has 1 aromatic carbocycles. The van der Waals surface area contributed by atoms with Crippen LogP contribution in [0.1, 0.15) is 6.92 Å². The third-order valence-corrected chi connectivity index (χ3v) is 2.49. The van der Waals surface area contributed by atoms with Crippen LogP contribution in [0.5, 0.6) is 0 Å². The summed E-state index contributed by atoms with van der Waals surface area (Å²) in [5, 5.41) is 2.71. The molecule has 1 unspecified atom stereocenters. The Hall–Kier alpha value is -1.79. The molecule has 0 aliphatic carbocycles. The van der Waals surface area contributed by atoms with Crippen molar-refractivity contribution in [2.45, 2.75) is 6.92 Å². The average molecular weight is 272 g/mol. The lowest BCUT2D eigenvalue weighted by atomic mass is 10.1. The van der Waals surface area contributed by atoms with Crippen molar-refractivity contribution in [2.24, 2.45) is 11.7 Å². The monoisotopic (exact) mass is 271 g/mol. The molecule has 0 bridgehead atoms. The number of nitrogens with one attached hydrogen (secondary N) is 2. The number of aromatic nitrogens is 1. The number of halogens is 1. The summed E-state index contributed by atoms with van der Waals surface area (Å²) in [5.41, 5.74) is 7.00. The van der Waals surface area contributed by atoms with Crippen LogP contribution in [0.15, 0.2) is 27.4 Å². The molecule has 98 valence electrons. The van der Waals surface area contributed by atoms with Crippen molar-refractivity contribution in [3.05, 3.63) is 28.7 Å². The van der Waals surface area contributed by atoms with Crippen LogP contribution < -0.4 is 16.8 Å². The molecule has 1 heterocycles. The molecule has 0 spiro atoms. The highest BCUT2D eigenvalue weighted by Gasteiger charge is 2.11. The van der Waals surface area contributed by atoms with E-state index in [1.165, 1.54) is 0 Å². The lowest BCUT2D eigenvalue weighted by molar-refractivity contribution is -0.119. The van der Waals surface area contributed by atoms with Crippen molar-refractivity contribution in [3.63, 3.8) is 0 Å². The lowest BCUT2D eigenvalue weighted by Crippen LogP contribution is -2.26. The Morgan fingerprint density at radius 3 is 2.94 bits per heavy atom. The minimum absolute atomic E-state index is 0. The molecule has 2 rings (SSSR count). The predicted octanol–water partition coefficient (Wildman–Crippen LogP) is 1.08. The molecular formula is C11H14ClN3O3. The first-order chi connectivity index (χ1) is 8.10. The molecule has 18 heavy (non-hydrogen) atoms. The Balaban J connectivity index is 0.00000162. The van der Waals surface area contributed by atoms with Crippen LogP contribution in [-0.4, -0.2) is 17.4 Å². The van der Waals surface area contributed by atoms with Crippen molar-refractivity contribution >= 4 is 35.1 Å². The topological polar surface area (TPSA) is 101 Å². The van der Waals surface area contributed by atoms with Crippen molar-refractivity contribution in [1.29, 1.82) is 0 Å². The summed E-state index contributed by atoms with van der Waals surface area (Å²) >= 11 is 0. The first-order valence-electron chi connectivity index (χ1n) is 5.24. The molecule has 0 saturated heterocycles. The van der Waals surface area contributed by atoms with Gasteiger partial charge in [0.15, 0.2) is 5.58 Å². The maximum absolute atomic E-state index is 11.6. The Morgan fingerprint density at radius 1 is 1.56 bits per heavy atom. The van der Waals surface area contributed by atoms with Crippen LogP contribution in [0.4, 0.5) is 5.69 Å². The molecule has 1 aromatic heterocycles. The third-order valence-electron chi connectivity index (χ3n) is 2.49. The number of fused-ring (bicyclic) bond motifs is 1. The number of aromatic amines is 1. The van der Waals surface area contributed by atoms with E-state index in [1.807, 2.05) is 0 Å². The highest BCUT2D eigenvalue weighted by atomic mass is 35.5. The number of hydrogen-bond donors (Lipinski definition) is 3. The summed E-state index contributed by atoms with van der Waals surface area (Å²) in [6, 6.07) is 4.93. The van der Waals surface area contributed by atoms with Gasteiger partial charge in [-0.3, -0.25) is 9.78 Å². The summed E-state index contributed by atoms with van der Waals surface area (Å²) in [6.45, 7) is 2.03. The molecule has 6 nitrogen and oxygen atoms in total. The van der Waals surface area contributed by atoms with Crippen molar-refractivity contribution < 1.29 is 9.21 Å². The Labute approximate surface area is 109 Å². The fourth-order valence-corrected chi connectivity index (χ4v) is 1.40. The van der Waals surface area contributed by atoms with Gasteiger partial charge in [0.1, 0.15) is 0 Å². The molecule has 0 fully saturated rings. The molecule has 0 aliphatic rings. The fraction of sp³-hybridized carbons (Fsp3) is 0.273. The number of carbonyl (C=O) groups excluding carboxylic acids is 1. The summed E-state index contributed by atoms with van der Waals surface area (Å²) in [6.07, 6.45) is 0. The number of anilines is 1.